The normalized spacial score (nSPS) is 14.0. The minimum atomic E-state index is 0.181. The molecule has 0 amide bonds. The Morgan fingerprint density at radius 3 is 2.14 bits per heavy atom. The average molecular weight is 647 g/mol. The lowest BCUT2D eigenvalue weighted by Crippen LogP contribution is -2.10. The summed E-state index contributed by atoms with van der Waals surface area (Å²) < 4.78 is 6.26. The first-order chi connectivity index (χ1) is 24.3. The van der Waals surface area contributed by atoms with Gasteiger partial charge in [-0.1, -0.05) is 133 Å². The maximum absolute atomic E-state index is 6.26. The topological polar surface area (TPSA) is 28.4 Å². The Morgan fingerprint density at radius 2 is 1.24 bits per heavy atom. The van der Waals surface area contributed by atoms with Crippen LogP contribution in [0.4, 0.5) is 22.7 Å². The summed E-state index contributed by atoms with van der Waals surface area (Å²) in [6.07, 6.45) is 0. The number of thioether (sulfide) groups is 1. The van der Waals surface area contributed by atoms with Gasteiger partial charge >= 0.3 is 0 Å². The lowest BCUT2D eigenvalue weighted by atomic mass is 9.97. The van der Waals surface area contributed by atoms with Gasteiger partial charge in [0.05, 0.1) is 11.4 Å². The average Bonchev–Trinajstić information content (AvgIpc) is 3.78. The summed E-state index contributed by atoms with van der Waals surface area (Å²) in [7, 11) is 0. The number of rotatable bonds is 5. The van der Waals surface area contributed by atoms with Crippen molar-refractivity contribution in [1.82, 2.24) is 0 Å². The molecule has 0 spiro atoms. The van der Waals surface area contributed by atoms with E-state index < -0.39 is 0 Å². The molecule has 1 aromatic heterocycles. The molecule has 0 radical (unpaired) electrons. The van der Waals surface area contributed by atoms with Gasteiger partial charge in [0, 0.05) is 37.8 Å². The Kier molecular flexibility index (Phi) is 6.49. The van der Waals surface area contributed by atoms with Gasteiger partial charge < -0.3 is 14.6 Å². The van der Waals surface area contributed by atoms with E-state index in [1.165, 1.54) is 37.7 Å². The van der Waals surface area contributed by atoms with E-state index >= 15 is 0 Å². The van der Waals surface area contributed by atoms with E-state index in [0.29, 0.717) is 0 Å². The molecule has 8 aromatic carbocycles. The summed E-state index contributed by atoms with van der Waals surface area (Å²) in [4.78, 5) is 3.68. The zero-order valence-corrected chi connectivity index (χ0v) is 27.3. The zero-order valence-electron chi connectivity index (χ0n) is 26.5. The highest BCUT2D eigenvalue weighted by Crippen LogP contribution is 2.52. The molecule has 0 saturated carbocycles. The molecule has 232 valence electrons. The van der Waals surface area contributed by atoms with Crippen molar-refractivity contribution in [3.8, 4) is 11.1 Å². The number of benzene rings is 8. The SMILES string of the molecule is c1ccc(C2Nc3c(ccc4ccc5c(N(c6ccccc6)c6cccc(-c7cccc8oc9ccccc9c78)c6)cccc5c34)S2)cc1. The first-order valence-electron chi connectivity index (χ1n) is 16.6. The van der Waals surface area contributed by atoms with Crippen LogP contribution in [0.2, 0.25) is 0 Å². The molecule has 2 heterocycles. The fourth-order valence-electron chi connectivity index (χ4n) is 7.48. The predicted octanol–water partition coefficient (Wildman–Crippen LogP) is 13.2. The number of hydrogen-bond donors (Lipinski definition) is 1. The minimum Gasteiger partial charge on any atom is -0.456 e. The maximum Gasteiger partial charge on any atom is 0.136 e. The maximum atomic E-state index is 6.26. The minimum absolute atomic E-state index is 0.181. The third-order valence-corrected chi connectivity index (χ3v) is 10.9. The number of furan rings is 1. The van der Waals surface area contributed by atoms with E-state index in [9.17, 15) is 0 Å². The van der Waals surface area contributed by atoms with Gasteiger partial charge in [-0.05, 0) is 76.0 Å². The number of para-hydroxylation sites is 2. The number of fused-ring (bicyclic) bond motifs is 8. The van der Waals surface area contributed by atoms with Gasteiger partial charge in [-0.3, -0.25) is 0 Å². The first-order valence-corrected chi connectivity index (χ1v) is 17.5. The Morgan fingerprint density at radius 1 is 0.531 bits per heavy atom. The second-order valence-corrected chi connectivity index (χ2v) is 13.7. The second kappa shape index (κ2) is 11.3. The van der Waals surface area contributed by atoms with E-state index in [1.807, 2.05) is 23.9 Å². The standard InChI is InChI=1S/C45H30N2OS/c1-3-12-30(13-4-1)45-46-44-41(49-45)27-25-29-24-26-35-36(42(29)44)20-10-21-38(35)47(32-15-5-2-6-16-32)33-17-9-14-31(28-33)34-19-11-23-40-43(34)37-18-7-8-22-39(37)48-40/h1-28,45-46H. The van der Waals surface area contributed by atoms with Crippen LogP contribution in [-0.4, -0.2) is 0 Å². The molecule has 49 heavy (non-hydrogen) atoms. The Bertz CT molecular complexity index is 2680. The van der Waals surface area contributed by atoms with Crippen molar-refractivity contribution >= 4 is 78.0 Å². The summed E-state index contributed by atoms with van der Waals surface area (Å²) in [5.41, 5.74) is 9.95. The van der Waals surface area contributed by atoms with Crippen LogP contribution in [0.1, 0.15) is 10.9 Å². The van der Waals surface area contributed by atoms with E-state index in [2.05, 4.69) is 168 Å². The molecule has 1 aliphatic rings. The Balaban J connectivity index is 1.16. The van der Waals surface area contributed by atoms with Crippen LogP contribution in [0.3, 0.4) is 0 Å². The van der Waals surface area contributed by atoms with Gasteiger partial charge in [-0.15, -0.1) is 0 Å². The van der Waals surface area contributed by atoms with Crippen molar-refractivity contribution in [2.75, 3.05) is 10.2 Å². The van der Waals surface area contributed by atoms with Gasteiger partial charge in [0.1, 0.15) is 16.5 Å². The van der Waals surface area contributed by atoms with Crippen molar-refractivity contribution in [2.24, 2.45) is 0 Å². The van der Waals surface area contributed by atoms with Crippen LogP contribution in [0, 0.1) is 0 Å². The Labute approximate surface area is 288 Å². The third-order valence-electron chi connectivity index (χ3n) is 9.68. The molecule has 10 rings (SSSR count). The van der Waals surface area contributed by atoms with Crippen LogP contribution in [0.15, 0.2) is 179 Å². The molecule has 1 unspecified atom stereocenters. The van der Waals surface area contributed by atoms with Crippen LogP contribution in [-0.2, 0) is 0 Å². The van der Waals surface area contributed by atoms with E-state index in [-0.39, 0.29) is 5.37 Å². The predicted molar refractivity (Wildman–Crippen MR) is 208 cm³/mol. The number of nitrogens with one attached hydrogen (secondary N) is 1. The van der Waals surface area contributed by atoms with Crippen LogP contribution in [0.25, 0.3) is 54.6 Å². The smallest absolute Gasteiger partial charge is 0.136 e. The summed E-state index contributed by atoms with van der Waals surface area (Å²) in [5, 5.41) is 11.3. The zero-order chi connectivity index (χ0) is 32.3. The Hall–Kier alpha value is -5.97. The van der Waals surface area contributed by atoms with Gasteiger partial charge in [0.25, 0.3) is 0 Å². The highest BCUT2D eigenvalue weighted by atomic mass is 32.2. The van der Waals surface area contributed by atoms with Gasteiger partial charge in [-0.25, -0.2) is 0 Å². The first kappa shape index (κ1) is 28.1. The fourth-order valence-corrected chi connectivity index (χ4v) is 8.63. The molecule has 9 aromatic rings. The third kappa shape index (κ3) is 4.60. The van der Waals surface area contributed by atoms with E-state index in [1.54, 1.807) is 0 Å². The van der Waals surface area contributed by atoms with Gasteiger partial charge in [0.2, 0.25) is 0 Å². The lowest BCUT2D eigenvalue weighted by molar-refractivity contribution is 0.669. The molecule has 4 heteroatoms. The van der Waals surface area contributed by atoms with Gasteiger partial charge in [-0.2, -0.15) is 0 Å². The van der Waals surface area contributed by atoms with Crippen molar-refractivity contribution in [1.29, 1.82) is 0 Å². The summed E-state index contributed by atoms with van der Waals surface area (Å²) in [5.74, 6) is 0. The largest absolute Gasteiger partial charge is 0.456 e. The second-order valence-electron chi connectivity index (χ2n) is 12.5. The molecular weight excluding hydrogens is 617 g/mol. The fraction of sp³-hybridized carbons (Fsp3) is 0.0222. The highest BCUT2D eigenvalue weighted by molar-refractivity contribution is 8.00. The summed E-state index contributed by atoms with van der Waals surface area (Å²) in [6.45, 7) is 0. The molecule has 0 fully saturated rings. The molecule has 1 aliphatic heterocycles. The van der Waals surface area contributed by atoms with Crippen LogP contribution >= 0.6 is 11.8 Å². The quantitative estimate of drug-likeness (QED) is 0.188. The molecule has 1 N–H and O–H groups in total. The van der Waals surface area contributed by atoms with Crippen molar-refractivity contribution in [2.45, 2.75) is 10.3 Å². The number of hydrogen-bond acceptors (Lipinski definition) is 4. The van der Waals surface area contributed by atoms with E-state index in [0.717, 1.165) is 50.1 Å². The van der Waals surface area contributed by atoms with Crippen LogP contribution in [0.5, 0.6) is 0 Å². The van der Waals surface area contributed by atoms with E-state index in [4.69, 9.17) is 4.42 Å². The lowest BCUT2D eigenvalue weighted by Gasteiger charge is -2.27. The molecule has 0 aliphatic carbocycles. The number of anilines is 4. The van der Waals surface area contributed by atoms with Crippen molar-refractivity contribution in [3.05, 3.63) is 175 Å². The van der Waals surface area contributed by atoms with Crippen LogP contribution < -0.4 is 10.2 Å². The van der Waals surface area contributed by atoms with Crippen molar-refractivity contribution in [3.63, 3.8) is 0 Å². The highest BCUT2D eigenvalue weighted by Gasteiger charge is 2.26. The molecular formula is C45H30N2OS. The van der Waals surface area contributed by atoms with Crippen molar-refractivity contribution < 1.29 is 4.42 Å². The molecule has 0 bridgehead atoms. The molecule has 3 nitrogen and oxygen atoms in total. The molecule has 1 atom stereocenters. The van der Waals surface area contributed by atoms with Gasteiger partial charge in [0.15, 0.2) is 0 Å². The molecule has 0 saturated heterocycles. The summed E-state index contributed by atoms with van der Waals surface area (Å²) in [6, 6.07) is 60.8. The number of nitrogens with zero attached hydrogens (tertiary/aromatic N) is 1. The summed E-state index contributed by atoms with van der Waals surface area (Å²) >= 11 is 1.89. The monoisotopic (exact) mass is 646 g/mol.